The molecule has 0 unspecified atom stereocenters. The zero-order valence-electron chi connectivity index (χ0n) is 13.2. The Morgan fingerprint density at radius 3 is 2.25 bits per heavy atom. The van der Waals surface area contributed by atoms with E-state index < -0.39 is 20.7 Å². The second kappa shape index (κ2) is 7.55. The lowest BCUT2D eigenvalue weighted by Crippen LogP contribution is -2.14. The molecular weight excluding hydrogens is 370 g/mol. The molecule has 2 aromatic rings. The Bertz CT molecular complexity index is 896. The third-order valence-electron chi connectivity index (χ3n) is 3.47. The summed E-state index contributed by atoms with van der Waals surface area (Å²) in [6.45, 7) is 4.04. The summed E-state index contributed by atoms with van der Waals surface area (Å²) in [6, 6.07) is 11.0. The second-order valence-electron chi connectivity index (χ2n) is 5.62. The molecule has 0 fully saturated rings. The van der Waals surface area contributed by atoms with Crippen LogP contribution in [-0.2, 0) is 26.5 Å². The lowest BCUT2D eigenvalue weighted by molar-refractivity contribution is 0.600. The highest BCUT2D eigenvalue weighted by Gasteiger charge is 2.17. The van der Waals surface area contributed by atoms with E-state index in [1.807, 2.05) is 13.8 Å². The number of hydrogen-bond donors (Lipinski definition) is 2. The fourth-order valence-corrected chi connectivity index (χ4v) is 3.97. The zero-order valence-corrected chi connectivity index (χ0v) is 15.7. The van der Waals surface area contributed by atoms with Crippen LogP contribution in [0.15, 0.2) is 47.4 Å². The molecule has 24 heavy (non-hydrogen) atoms. The van der Waals surface area contributed by atoms with Crippen molar-refractivity contribution in [1.29, 1.82) is 0 Å². The maximum atomic E-state index is 12.5. The molecule has 0 atom stereocenters. The summed E-state index contributed by atoms with van der Waals surface area (Å²) in [4.78, 5) is 0.101. The minimum atomic E-state index is -3.84. The number of rotatable bonds is 6. The van der Waals surface area contributed by atoms with Gasteiger partial charge in [0.2, 0.25) is 0 Å². The maximum Gasteiger partial charge on any atom is 0.261 e. The fraction of sp³-hybridized carbons (Fsp3) is 0.250. The Morgan fingerprint density at radius 2 is 1.71 bits per heavy atom. The number of nitrogens with one attached hydrogen (secondary N) is 1. The molecule has 0 aliphatic rings. The highest BCUT2D eigenvalue weighted by Crippen LogP contribution is 2.25. The van der Waals surface area contributed by atoms with Crippen LogP contribution in [0.5, 0.6) is 0 Å². The predicted octanol–water partition coefficient (Wildman–Crippen LogP) is 3.38. The largest absolute Gasteiger partial charge is 0.279 e. The Morgan fingerprint density at radius 1 is 1.08 bits per heavy atom. The van der Waals surface area contributed by atoms with Crippen LogP contribution in [0.1, 0.15) is 30.9 Å². The SMILES string of the molecule is CC(C)c1ccc(S(=O)(=O)Nc2cc(Cl)ccc2C[SH](=O)=O)cc1. The summed E-state index contributed by atoms with van der Waals surface area (Å²) >= 11 is 5.90. The molecule has 130 valence electrons. The smallest absolute Gasteiger partial charge is 0.261 e. The third-order valence-corrected chi connectivity index (χ3v) is 5.69. The Balaban J connectivity index is 2.36. The number of benzene rings is 2. The van der Waals surface area contributed by atoms with Crippen molar-refractivity contribution < 1.29 is 16.8 Å². The van der Waals surface area contributed by atoms with Gasteiger partial charge in [-0.3, -0.25) is 4.72 Å². The van der Waals surface area contributed by atoms with Crippen LogP contribution in [0.3, 0.4) is 0 Å². The van der Waals surface area contributed by atoms with Crippen LogP contribution >= 0.6 is 11.6 Å². The molecule has 0 saturated carbocycles. The molecular formula is C16H18ClNO4S2. The molecule has 0 bridgehead atoms. The number of sulfonamides is 1. The molecule has 0 heterocycles. The molecule has 2 aromatic carbocycles. The van der Waals surface area contributed by atoms with Gasteiger partial charge in [-0.2, -0.15) is 0 Å². The summed E-state index contributed by atoms with van der Waals surface area (Å²) in [6.07, 6.45) is 0. The van der Waals surface area contributed by atoms with E-state index in [0.717, 1.165) is 5.56 Å². The van der Waals surface area contributed by atoms with Crippen molar-refractivity contribution in [2.75, 3.05) is 4.72 Å². The summed E-state index contributed by atoms with van der Waals surface area (Å²) in [5.74, 6) is 0.0269. The highest BCUT2D eigenvalue weighted by molar-refractivity contribution is 7.92. The van der Waals surface area contributed by atoms with Crippen molar-refractivity contribution in [2.24, 2.45) is 0 Å². The second-order valence-corrected chi connectivity index (χ2v) is 8.72. The first-order valence-corrected chi connectivity index (χ1v) is 10.4. The van der Waals surface area contributed by atoms with Crippen molar-refractivity contribution in [1.82, 2.24) is 0 Å². The van der Waals surface area contributed by atoms with E-state index in [-0.39, 0.29) is 16.3 Å². The molecule has 0 radical (unpaired) electrons. The summed E-state index contributed by atoms with van der Waals surface area (Å²) in [5.41, 5.74) is 1.54. The topological polar surface area (TPSA) is 80.3 Å². The summed E-state index contributed by atoms with van der Waals surface area (Å²) in [7, 11) is -6.52. The van der Waals surface area contributed by atoms with Crippen LogP contribution in [0.2, 0.25) is 5.02 Å². The molecule has 0 saturated heterocycles. The van der Waals surface area contributed by atoms with Crippen molar-refractivity contribution in [2.45, 2.75) is 30.4 Å². The average Bonchev–Trinajstić information content (AvgIpc) is 2.49. The predicted molar refractivity (Wildman–Crippen MR) is 96.8 cm³/mol. The first-order valence-electron chi connectivity index (χ1n) is 7.22. The summed E-state index contributed by atoms with van der Waals surface area (Å²) < 4.78 is 49.4. The van der Waals surface area contributed by atoms with Gasteiger partial charge < -0.3 is 0 Å². The van der Waals surface area contributed by atoms with Gasteiger partial charge in [0, 0.05) is 5.02 Å². The van der Waals surface area contributed by atoms with Gasteiger partial charge in [-0.05, 0) is 41.3 Å². The quantitative estimate of drug-likeness (QED) is 0.744. The van der Waals surface area contributed by atoms with Gasteiger partial charge in [-0.15, -0.1) is 0 Å². The average molecular weight is 388 g/mol. The van der Waals surface area contributed by atoms with E-state index in [4.69, 9.17) is 11.6 Å². The Hall–Kier alpha value is -1.57. The van der Waals surface area contributed by atoms with E-state index in [9.17, 15) is 16.8 Å². The van der Waals surface area contributed by atoms with Crippen molar-refractivity contribution in [3.05, 3.63) is 58.6 Å². The van der Waals surface area contributed by atoms with Gasteiger partial charge in [0.25, 0.3) is 10.0 Å². The minimum Gasteiger partial charge on any atom is -0.279 e. The van der Waals surface area contributed by atoms with Gasteiger partial charge in [0.15, 0.2) is 0 Å². The number of thiol groups is 1. The Labute approximate surface area is 148 Å². The van der Waals surface area contributed by atoms with Gasteiger partial charge >= 0.3 is 0 Å². The normalized spacial score (nSPS) is 11.9. The molecule has 2 rings (SSSR count). The number of hydrogen-bond acceptors (Lipinski definition) is 4. The molecule has 0 spiro atoms. The van der Waals surface area contributed by atoms with Gasteiger partial charge in [0.05, 0.1) is 16.3 Å². The van der Waals surface area contributed by atoms with E-state index in [2.05, 4.69) is 4.72 Å². The highest BCUT2D eigenvalue weighted by atomic mass is 35.5. The van der Waals surface area contributed by atoms with Gasteiger partial charge in [0.1, 0.15) is 10.7 Å². The van der Waals surface area contributed by atoms with Crippen LogP contribution < -0.4 is 4.72 Å². The van der Waals surface area contributed by atoms with Crippen LogP contribution in [0.25, 0.3) is 0 Å². The van der Waals surface area contributed by atoms with E-state index >= 15 is 0 Å². The number of halogens is 1. The fourth-order valence-electron chi connectivity index (χ4n) is 2.16. The van der Waals surface area contributed by atoms with E-state index in [1.165, 1.54) is 30.3 Å². The number of anilines is 1. The van der Waals surface area contributed by atoms with Crippen LogP contribution in [0, 0.1) is 0 Å². The molecule has 8 heteroatoms. The molecule has 0 aromatic heterocycles. The van der Waals surface area contributed by atoms with Crippen LogP contribution in [0.4, 0.5) is 5.69 Å². The van der Waals surface area contributed by atoms with Crippen molar-refractivity contribution >= 4 is 38.0 Å². The van der Waals surface area contributed by atoms with E-state index in [0.29, 0.717) is 16.5 Å². The van der Waals surface area contributed by atoms with Gasteiger partial charge in [-0.25, -0.2) is 16.8 Å². The summed E-state index contributed by atoms with van der Waals surface area (Å²) in [5, 5.41) is 0.313. The molecule has 5 nitrogen and oxygen atoms in total. The minimum absolute atomic E-state index is 0.101. The van der Waals surface area contributed by atoms with Crippen LogP contribution in [-0.4, -0.2) is 16.8 Å². The first kappa shape index (κ1) is 18.8. The molecule has 0 aliphatic heterocycles. The lowest BCUT2D eigenvalue weighted by atomic mass is 10.0. The first-order chi connectivity index (χ1) is 11.2. The standard InChI is InChI=1S/C16H18ClNO4S2/c1-11(2)12-4-7-15(8-5-12)24(21,22)18-16-9-14(17)6-3-13(16)10-23(19)20/h3-9,11,18,23H,10H2,1-2H3. The van der Waals surface area contributed by atoms with Gasteiger partial charge in [-0.1, -0.05) is 43.6 Å². The van der Waals surface area contributed by atoms with Crippen molar-refractivity contribution in [3.8, 4) is 0 Å². The Kier molecular flexibility index (Phi) is 5.90. The molecule has 0 amide bonds. The third kappa shape index (κ3) is 4.72. The monoisotopic (exact) mass is 387 g/mol. The van der Waals surface area contributed by atoms with Crippen molar-refractivity contribution in [3.63, 3.8) is 0 Å². The molecule has 0 aliphatic carbocycles. The lowest BCUT2D eigenvalue weighted by Gasteiger charge is -2.13. The molecule has 1 N–H and O–H groups in total. The van der Waals surface area contributed by atoms with E-state index in [1.54, 1.807) is 12.1 Å². The maximum absolute atomic E-state index is 12.5. The zero-order chi connectivity index (χ0) is 17.9.